The number of benzene rings is 2. The molecule has 0 aromatic heterocycles. The van der Waals surface area contributed by atoms with Gasteiger partial charge >= 0.3 is 11.9 Å². The van der Waals surface area contributed by atoms with Crippen molar-refractivity contribution in [1.29, 1.82) is 0 Å². The second-order valence-corrected chi connectivity index (χ2v) is 15.4. The zero-order valence-corrected chi connectivity index (χ0v) is 34.4. The van der Waals surface area contributed by atoms with E-state index in [4.69, 9.17) is 27.7 Å². The molecule has 0 aliphatic rings. The van der Waals surface area contributed by atoms with Gasteiger partial charge in [0, 0.05) is 32.2 Å². The predicted octanol–water partition coefficient (Wildman–Crippen LogP) is -0.748. The first kappa shape index (κ1) is 49.1. The maximum Gasteiger partial charge on any atom is 0.334 e. The number of amides is 5. The van der Waals surface area contributed by atoms with Crippen LogP contribution in [0.15, 0.2) is 69.5 Å². The average Bonchev–Trinajstić information content (AvgIpc) is 3.18. The van der Waals surface area contributed by atoms with Crippen molar-refractivity contribution in [3.05, 3.63) is 60.2 Å². The summed E-state index contributed by atoms with van der Waals surface area (Å²) in [6.45, 7) is 2.69. The fraction of sp³-hybridized carbons (Fsp3) is 0.432. The first-order valence-electron chi connectivity index (χ1n) is 18.5. The van der Waals surface area contributed by atoms with E-state index < -0.39 is 78.6 Å². The number of esters is 1. The largest absolute Gasteiger partial charge is 0.481 e. The molecule has 2 aromatic carbocycles. The molecule has 22 heteroatoms. The quantitative estimate of drug-likeness (QED) is 0.0106. The highest BCUT2D eigenvalue weighted by atomic mass is 33.1. The molecule has 5 amide bonds. The molecule has 0 aliphatic carbocycles. The number of hydrogen-bond donors (Lipinski definition) is 10. The van der Waals surface area contributed by atoms with Crippen LogP contribution in [0.3, 0.4) is 0 Å². The third-order valence-electron chi connectivity index (χ3n) is 7.88. The molecule has 4 atom stereocenters. The van der Waals surface area contributed by atoms with E-state index in [2.05, 4.69) is 36.6 Å². The van der Waals surface area contributed by atoms with Gasteiger partial charge < -0.3 is 59.4 Å². The first-order chi connectivity index (χ1) is 28.1. The van der Waals surface area contributed by atoms with E-state index in [1.165, 1.54) is 17.7 Å². The summed E-state index contributed by atoms with van der Waals surface area (Å²) in [5, 5.41) is 21.9. The number of carboxylic acids is 1. The zero-order chi connectivity index (χ0) is 43.7. The molecule has 0 bridgehead atoms. The zero-order valence-electron chi connectivity index (χ0n) is 32.8. The van der Waals surface area contributed by atoms with Crippen LogP contribution in [-0.2, 0) is 40.0 Å². The number of nitrogens with zero attached hydrogens (tertiary/aromatic N) is 2. The predicted molar refractivity (Wildman–Crippen MR) is 225 cm³/mol. The number of nitrogens with two attached hydrogens (primary N) is 4. The van der Waals surface area contributed by atoms with Gasteiger partial charge in [-0.05, 0) is 43.4 Å². The van der Waals surface area contributed by atoms with Crippen LogP contribution in [0, 0.1) is 0 Å². The Kier molecular flexibility index (Phi) is 22.3. The van der Waals surface area contributed by atoms with Crippen molar-refractivity contribution in [2.24, 2.45) is 32.9 Å². The smallest absolute Gasteiger partial charge is 0.334 e. The molecule has 59 heavy (non-hydrogen) atoms. The van der Waals surface area contributed by atoms with E-state index in [0.29, 0.717) is 16.2 Å². The number of hydrogen-bond acceptors (Lipinski definition) is 12. The summed E-state index contributed by atoms with van der Waals surface area (Å²) in [7, 11) is 2.99. The normalized spacial score (nSPS) is 12.6. The molecule has 0 saturated carbocycles. The van der Waals surface area contributed by atoms with Gasteiger partial charge in [-0.2, -0.15) is 0 Å². The Labute approximate surface area is 349 Å². The maximum absolute atomic E-state index is 13.6. The lowest BCUT2D eigenvalue weighted by Gasteiger charge is -2.25. The number of carbonyl (C=O) groups is 7. The Hall–Kier alpha value is -6.03. The molecule has 0 unspecified atom stereocenters. The number of rotatable bonds is 26. The van der Waals surface area contributed by atoms with E-state index in [1.807, 2.05) is 6.92 Å². The highest BCUT2D eigenvalue weighted by Gasteiger charge is 2.31. The molecule has 322 valence electrons. The summed E-state index contributed by atoms with van der Waals surface area (Å²) < 4.78 is 5.72. The first-order valence-corrected chi connectivity index (χ1v) is 20.8. The number of aliphatic imine (C=N–C) groups is 2. The molecular formula is C37H53N11O9S2. The number of guanidine groups is 2. The van der Waals surface area contributed by atoms with Crippen molar-refractivity contribution in [3.8, 4) is 5.75 Å². The molecule has 0 heterocycles. The highest BCUT2D eigenvalue weighted by molar-refractivity contribution is 8.76. The number of nitrogens with one attached hydrogen (secondary N) is 5. The number of carboxylic acid groups (broad SMARTS) is 1. The minimum absolute atomic E-state index is 0.0471. The van der Waals surface area contributed by atoms with Crippen LogP contribution in [0.2, 0.25) is 0 Å². The lowest BCUT2D eigenvalue weighted by Crippen LogP contribution is -2.57. The lowest BCUT2D eigenvalue weighted by molar-refractivity contribution is -0.141. The second-order valence-electron chi connectivity index (χ2n) is 12.8. The topological polar surface area (TPSA) is 338 Å². The molecule has 0 fully saturated rings. The van der Waals surface area contributed by atoms with E-state index >= 15 is 0 Å². The van der Waals surface area contributed by atoms with Crippen LogP contribution >= 0.6 is 21.6 Å². The number of ether oxygens (including phenoxy) is 1. The second kappa shape index (κ2) is 26.8. The molecule has 2 aromatic rings. The fourth-order valence-corrected chi connectivity index (χ4v) is 6.92. The van der Waals surface area contributed by atoms with Crippen molar-refractivity contribution in [2.75, 3.05) is 25.4 Å². The molecule has 0 aliphatic heterocycles. The van der Waals surface area contributed by atoms with Crippen LogP contribution in [0.1, 0.15) is 51.5 Å². The van der Waals surface area contributed by atoms with E-state index in [-0.39, 0.29) is 57.1 Å². The lowest BCUT2D eigenvalue weighted by atomic mass is 10.1. The number of aliphatic carboxylic acids is 1. The minimum Gasteiger partial charge on any atom is -0.481 e. The van der Waals surface area contributed by atoms with Crippen LogP contribution in [0.5, 0.6) is 5.75 Å². The van der Waals surface area contributed by atoms with Crippen molar-refractivity contribution in [3.63, 3.8) is 0 Å². The van der Waals surface area contributed by atoms with Gasteiger partial charge in [-0.1, -0.05) is 71.0 Å². The van der Waals surface area contributed by atoms with Gasteiger partial charge in [0.15, 0.2) is 11.9 Å². The maximum atomic E-state index is 13.6. The molecule has 0 radical (unpaired) electrons. The standard InChI is InChI=1S/C37H53N11O9S2/c1-3-58-59-29-16-8-7-15-28(29)57-35(56)27(19-23-11-5-4-6-12-23)46-30(50)21-44-32(53)26(20-31(51)52)48-34(55)25(14-10-18-43-37(40)41)47-33(54)24(45-22(2)49)13-9-17-42-36(38)39/h4-8,11-12,15-16,24-27H,3,9-10,13-14,17-21H2,1-2H3,(H,44,53)(H,45,49)(H,46,50)(H,47,54)(H,48,55)(H,51,52)(H4,38,39,42)(H4,40,41,43)/t24-,25-,26-,27-/m0/s1/i35+1. The summed E-state index contributed by atoms with van der Waals surface area (Å²) in [4.78, 5) is 99.1. The molecule has 0 saturated heterocycles. The van der Waals surface area contributed by atoms with Crippen LogP contribution in [0.4, 0.5) is 0 Å². The van der Waals surface area contributed by atoms with Gasteiger partial charge in [-0.3, -0.25) is 38.8 Å². The number of carbonyl (C=O) groups excluding carboxylic acids is 6. The Morgan fingerprint density at radius 1 is 0.729 bits per heavy atom. The van der Waals surface area contributed by atoms with Crippen LogP contribution in [-0.4, -0.2) is 108 Å². The molecule has 20 nitrogen and oxygen atoms in total. The van der Waals surface area contributed by atoms with Crippen molar-refractivity contribution in [1.82, 2.24) is 26.6 Å². The molecule has 14 N–H and O–H groups in total. The van der Waals surface area contributed by atoms with Crippen molar-refractivity contribution in [2.45, 2.75) is 81.4 Å². The average molecular weight is 861 g/mol. The van der Waals surface area contributed by atoms with Crippen LogP contribution < -0.4 is 54.3 Å². The third-order valence-corrected chi connectivity index (χ3v) is 10.4. The summed E-state index contributed by atoms with van der Waals surface area (Å²) in [6, 6.07) is 10.4. The minimum atomic E-state index is -1.71. The van der Waals surface area contributed by atoms with Gasteiger partial charge in [0.25, 0.3) is 0 Å². The number of para-hydroxylation sites is 1. The summed E-state index contributed by atoms with van der Waals surface area (Å²) >= 11 is 0. The van der Waals surface area contributed by atoms with Gasteiger partial charge in [0.05, 0.1) is 17.9 Å². The van der Waals surface area contributed by atoms with E-state index in [0.717, 1.165) is 5.75 Å². The fourth-order valence-electron chi connectivity index (χ4n) is 5.20. The Morgan fingerprint density at radius 3 is 1.85 bits per heavy atom. The third kappa shape index (κ3) is 20.3. The SMILES string of the molecule is CCSSc1ccccc1O[13C](=O)[C@H](Cc1ccccc1)NC(=O)CNC(=O)[C@H](CC(=O)O)NC(=O)[C@H](CCCN=C(N)N)NC(=O)[C@H](CCCN=C(N)N)NC(C)=O. The summed E-state index contributed by atoms with van der Waals surface area (Å²) in [6.07, 6.45) is -0.388. The molecular weight excluding hydrogens is 808 g/mol. The van der Waals surface area contributed by atoms with Gasteiger partial charge in [0.1, 0.15) is 29.9 Å². The summed E-state index contributed by atoms with van der Waals surface area (Å²) in [5.74, 6) is -5.57. The van der Waals surface area contributed by atoms with Crippen molar-refractivity contribution >= 4 is 75.0 Å². The van der Waals surface area contributed by atoms with Crippen LogP contribution in [0.25, 0.3) is 0 Å². The van der Waals surface area contributed by atoms with Gasteiger partial charge in [0.2, 0.25) is 29.5 Å². The summed E-state index contributed by atoms with van der Waals surface area (Å²) in [5.41, 5.74) is 22.2. The Bertz CT molecular complexity index is 1790. The van der Waals surface area contributed by atoms with Gasteiger partial charge in [-0.15, -0.1) is 0 Å². The Balaban J connectivity index is 2.22. The molecule has 0 spiro atoms. The van der Waals surface area contributed by atoms with Crippen molar-refractivity contribution < 1.29 is 43.4 Å². The van der Waals surface area contributed by atoms with Gasteiger partial charge in [-0.25, -0.2) is 4.79 Å². The van der Waals surface area contributed by atoms with E-state index in [9.17, 15) is 38.7 Å². The highest BCUT2D eigenvalue weighted by Crippen LogP contribution is 2.37. The van der Waals surface area contributed by atoms with E-state index in [1.54, 1.807) is 65.4 Å². The Morgan fingerprint density at radius 2 is 1.29 bits per heavy atom. The monoisotopic (exact) mass is 860 g/mol. The molecule has 2 rings (SSSR count).